The standard InChI is InChI=1S/C14H19N3O3/c1-20-14(19)10-13(18)17-8-5-11(6-9-17)16-12-4-2-3-7-15-12/h2-4,7,11H,5-6,8-10H2,1H3,(H,15,16). The molecular formula is C14H19N3O3. The van der Waals surface area contributed by atoms with Gasteiger partial charge in [0.15, 0.2) is 0 Å². The topological polar surface area (TPSA) is 71.5 Å². The van der Waals surface area contributed by atoms with Gasteiger partial charge in [0.2, 0.25) is 5.91 Å². The Morgan fingerprint density at radius 3 is 2.75 bits per heavy atom. The minimum atomic E-state index is -0.483. The first-order valence-electron chi connectivity index (χ1n) is 6.71. The van der Waals surface area contributed by atoms with E-state index < -0.39 is 5.97 Å². The quantitative estimate of drug-likeness (QED) is 0.658. The number of methoxy groups -OCH3 is 1. The lowest BCUT2D eigenvalue weighted by atomic mass is 10.0. The molecule has 6 heteroatoms. The van der Waals surface area contributed by atoms with Crippen molar-refractivity contribution in [3.8, 4) is 0 Å². The van der Waals surface area contributed by atoms with Crippen molar-refractivity contribution >= 4 is 17.7 Å². The van der Waals surface area contributed by atoms with Crippen LogP contribution in [0.25, 0.3) is 0 Å². The van der Waals surface area contributed by atoms with Crippen molar-refractivity contribution in [1.29, 1.82) is 0 Å². The fourth-order valence-corrected chi connectivity index (χ4v) is 2.24. The molecule has 108 valence electrons. The summed E-state index contributed by atoms with van der Waals surface area (Å²) < 4.78 is 4.50. The van der Waals surface area contributed by atoms with Crippen LogP contribution in [0.2, 0.25) is 0 Å². The molecule has 1 fully saturated rings. The minimum absolute atomic E-state index is 0.159. The number of piperidine rings is 1. The Hall–Kier alpha value is -2.11. The molecule has 20 heavy (non-hydrogen) atoms. The average Bonchev–Trinajstić information content (AvgIpc) is 2.49. The molecule has 1 aromatic rings. The lowest BCUT2D eigenvalue weighted by Gasteiger charge is -2.32. The van der Waals surface area contributed by atoms with Gasteiger partial charge in [-0.2, -0.15) is 0 Å². The van der Waals surface area contributed by atoms with Crippen LogP contribution >= 0.6 is 0 Å². The smallest absolute Gasteiger partial charge is 0.315 e. The van der Waals surface area contributed by atoms with Crippen molar-refractivity contribution in [2.24, 2.45) is 0 Å². The fourth-order valence-electron chi connectivity index (χ4n) is 2.24. The Morgan fingerprint density at radius 1 is 1.40 bits per heavy atom. The van der Waals surface area contributed by atoms with E-state index in [1.807, 2.05) is 18.2 Å². The van der Waals surface area contributed by atoms with Gasteiger partial charge in [-0.15, -0.1) is 0 Å². The summed E-state index contributed by atoms with van der Waals surface area (Å²) in [7, 11) is 1.29. The van der Waals surface area contributed by atoms with Gasteiger partial charge in [-0.05, 0) is 25.0 Å². The normalized spacial score (nSPS) is 15.8. The number of rotatable bonds is 4. The second-order valence-corrected chi connectivity index (χ2v) is 4.77. The summed E-state index contributed by atoms with van der Waals surface area (Å²) in [6.07, 6.45) is 3.28. The molecule has 0 saturated carbocycles. The number of aromatic nitrogens is 1. The number of nitrogens with one attached hydrogen (secondary N) is 1. The van der Waals surface area contributed by atoms with E-state index in [4.69, 9.17) is 0 Å². The molecule has 0 atom stereocenters. The van der Waals surface area contributed by atoms with Crippen molar-refractivity contribution in [1.82, 2.24) is 9.88 Å². The highest BCUT2D eigenvalue weighted by Crippen LogP contribution is 2.15. The van der Waals surface area contributed by atoms with E-state index in [1.165, 1.54) is 7.11 Å². The molecule has 1 saturated heterocycles. The van der Waals surface area contributed by atoms with Crippen LogP contribution in [0.15, 0.2) is 24.4 Å². The Morgan fingerprint density at radius 2 is 2.15 bits per heavy atom. The molecule has 0 aromatic carbocycles. The fraction of sp³-hybridized carbons (Fsp3) is 0.500. The Kier molecular flexibility index (Phi) is 4.92. The number of amides is 1. The van der Waals surface area contributed by atoms with E-state index in [2.05, 4.69) is 15.0 Å². The molecule has 1 aromatic heterocycles. The van der Waals surface area contributed by atoms with Crippen LogP contribution in [0, 0.1) is 0 Å². The van der Waals surface area contributed by atoms with Gasteiger partial charge in [0.25, 0.3) is 0 Å². The highest BCUT2D eigenvalue weighted by Gasteiger charge is 2.24. The Labute approximate surface area is 118 Å². The second-order valence-electron chi connectivity index (χ2n) is 4.77. The maximum absolute atomic E-state index is 11.8. The van der Waals surface area contributed by atoms with Crippen LogP contribution in [-0.4, -0.2) is 48.0 Å². The molecule has 1 N–H and O–H groups in total. The van der Waals surface area contributed by atoms with E-state index in [0.717, 1.165) is 18.7 Å². The number of hydrogen-bond acceptors (Lipinski definition) is 5. The number of pyridine rings is 1. The van der Waals surface area contributed by atoms with Crippen LogP contribution < -0.4 is 5.32 Å². The number of nitrogens with zero attached hydrogens (tertiary/aromatic N) is 2. The first-order chi connectivity index (χ1) is 9.69. The number of esters is 1. The van der Waals surface area contributed by atoms with Gasteiger partial charge in [0.05, 0.1) is 7.11 Å². The molecular weight excluding hydrogens is 258 g/mol. The lowest BCUT2D eigenvalue weighted by molar-refractivity contribution is -0.147. The summed E-state index contributed by atoms with van der Waals surface area (Å²) in [4.78, 5) is 28.8. The molecule has 6 nitrogen and oxygen atoms in total. The van der Waals surface area contributed by atoms with Crippen LogP contribution in [0.1, 0.15) is 19.3 Å². The molecule has 2 heterocycles. The zero-order chi connectivity index (χ0) is 14.4. The van der Waals surface area contributed by atoms with Crippen molar-refractivity contribution in [3.63, 3.8) is 0 Å². The Bertz CT molecular complexity index is 456. The van der Waals surface area contributed by atoms with Crippen molar-refractivity contribution in [3.05, 3.63) is 24.4 Å². The van der Waals surface area contributed by atoms with E-state index >= 15 is 0 Å². The van der Waals surface area contributed by atoms with Crippen molar-refractivity contribution < 1.29 is 14.3 Å². The van der Waals surface area contributed by atoms with Crippen LogP contribution in [0.3, 0.4) is 0 Å². The number of carbonyl (C=O) groups is 2. The number of ether oxygens (including phenoxy) is 1. The van der Waals surface area contributed by atoms with Crippen LogP contribution in [0.5, 0.6) is 0 Å². The predicted octanol–water partition coefficient (Wildman–Crippen LogP) is 1.05. The second kappa shape index (κ2) is 6.88. The van der Waals surface area contributed by atoms with Gasteiger partial charge < -0.3 is 15.0 Å². The average molecular weight is 277 g/mol. The molecule has 2 rings (SSSR count). The number of hydrogen-bond donors (Lipinski definition) is 1. The number of carbonyl (C=O) groups excluding carboxylic acids is 2. The van der Waals surface area contributed by atoms with E-state index in [9.17, 15) is 9.59 Å². The third kappa shape index (κ3) is 3.94. The number of anilines is 1. The molecule has 0 spiro atoms. The van der Waals surface area contributed by atoms with Gasteiger partial charge >= 0.3 is 5.97 Å². The molecule has 1 aliphatic rings. The Balaban J connectivity index is 1.77. The summed E-state index contributed by atoms with van der Waals surface area (Å²) in [5, 5.41) is 3.35. The summed E-state index contributed by atoms with van der Waals surface area (Å²) in [5.74, 6) is 0.212. The highest BCUT2D eigenvalue weighted by atomic mass is 16.5. The summed E-state index contributed by atoms with van der Waals surface area (Å²) in [6.45, 7) is 1.31. The van der Waals surface area contributed by atoms with Gasteiger partial charge in [-0.3, -0.25) is 9.59 Å². The van der Waals surface area contributed by atoms with E-state index in [0.29, 0.717) is 19.1 Å². The summed E-state index contributed by atoms with van der Waals surface area (Å²) >= 11 is 0. The largest absolute Gasteiger partial charge is 0.469 e. The first-order valence-corrected chi connectivity index (χ1v) is 6.71. The molecule has 0 aliphatic carbocycles. The van der Waals surface area contributed by atoms with Crippen LogP contribution in [-0.2, 0) is 14.3 Å². The van der Waals surface area contributed by atoms with Crippen molar-refractivity contribution in [2.45, 2.75) is 25.3 Å². The minimum Gasteiger partial charge on any atom is -0.469 e. The molecule has 1 amide bonds. The third-order valence-electron chi connectivity index (χ3n) is 3.39. The highest BCUT2D eigenvalue weighted by molar-refractivity contribution is 5.94. The van der Waals surface area contributed by atoms with Crippen LogP contribution in [0.4, 0.5) is 5.82 Å². The molecule has 0 unspecified atom stereocenters. The van der Waals surface area contributed by atoms with E-state index in [-0.39, 0.29) is 12.3 Å². The molecule has 0 bridgehead atoms. The van der Waals surface area contributed by atoms with Gasteiger partial charge in [-0.1, -0.05) is 6.07 Å². The lowest BCUT2D eigenvalue weighted by Crippen LogP contribution is -2.43. The predicted molar refractivity (Wildman–Crippen MR) is 74.1 cm³/mol. The third-order valence-corrected chi connectivity index (χ3v) is 3.39. The van der Waals surface area contributed by atoms with Gasteiger partial charge in [-0.25, -0.2) is 4.98 Å². The summed E-state index contributed by atoms with van der Waals surface area (Å²) in [5.41, 5.74) is 0. The van der Waals surface area contributed by atoms with Crippen molar-refractivity contribution in [2.75, 3.05) is 25.5 Å². The van der Waals surface area contributed by atoms with E-state index in [1.54, 1.807) is 11.1 Å². The molecule has 0 radical (unpaired) electrons. The maximum atomic E-state index is 11.8. The SMILES string of the molecule is COC(=O)CC(=O)N1CCC(Nc2ccccn2)CC1. The molecule has 1 aliphatic heterocycles. The summed E-state index contributed by atoms with van der Waals surface area (Å²) in [6, 6.07) is 6.05. The zero-order valence-electron chi connectivity index (χ0n) is 11.5. The first kappa shape index (κ1) is 14.3. The van der Waals surface area contributed by atoms with Gasteiger partial charge in [0.1, 0.15) is 12.2 Å². The maximum Gasteiger partial charge on any atom is 0.315 e. The zero-order valence-corrected chi connectivity index (χ0v) is 11.5. The monoisotopic (exact) mass is 277 g/mol. The number of likely N-dealkylation sites (tertiary alicyclic amines) is 1. The van der Waals surface area contributed by atoms with Gasteiger partial charge in [0, 0.05) is 25.3 Å².